The second-order valence-electron chi connectivity index (χ2n) is 9.24. The molecule has 0 aliphatic heterocycles. The SMILES string of the molecule is CCCC1(C(C)C)CC1C(C(C)C)C(C)C(C)CC(C)C. The van der Waals surface area contributed by atoms with Gasteiger partial charge in [0, 0.05) is 0 Å². The molecule has 5 atom stereocenters. The van der Waals surface area contributed by atoms with E-state index in [9.17, 15) is 0 Å². The minimum atomic E-state index is 0.676. The quantitative estimate of drug-likeness (QED) is 0.428. The summed E-state index contributed by atoms with van der Waals surface area (Å²) in [5.41, 5.74) is 0.676. The molecule has 0 N–H and O–H groups in total. The minimum Gasteiger partial charge on any atom is -0.0654 e. The van der Waals surface area contributed by atoms with Crippen LogP contribution in [0.25, 0.3) is 0 Å². The van der Waals surface area contributed by atoms with Gasteiger partial charge in [0.25, 0.3) is 0 Å². The van der Waals surface area contributed by atoms with Gasteiger partial charge < -0.3 is 0 Å². The molecular weight excluding hydrogens is 252 g/mol. The lowest BCUT2D eigenvalue weighted by Crippen LogP contribution is -2.29. The lowest BCUT2D eigenvalue weighted by molar-refractivity contribution is 0.128. The van der Waals surface area contributed by atoms with Gasteiger partial charge in [0.05, 0.1) is 0 Å². The molecule has 0 spiro atoms. The largest absolute Gasteiger partial charge is 0.0654 e. The summed E-state index contributed by atoms with van der Waals surface area (Å²) in [5, 5.41) is 0. The summed E-state index contributed by atoms with van der Waals surface area (Å²) < 4.78 is 0. The van der Waals surface area contributed by atoms with Crippen LogP contribution in [0, 0.1) is 46.8 Å². The van der Waals surface area contributed by atoms with E-state index in [1.165, 1.54) is 25.7 Å². The number of rotatable bonds is 9. The lowest BCUT2D eigenvalue weighted by atomic mass is 9.69. The van der Waals surface area contributed by atoms with E-state index in [4.69, 9.17) is 0 Å². The van der Waals surface area contributed by atoms with Gasteiger partial charge in [-0.3, -0.25) is 0 Å². The zero-order valence-electron chi connectivity index (χ0n) is 16.4. The average Bonchev–Trinajstić information content (AvgIpc) is 3.03. The van der Waals surface area contributed by atoms with E-state index in [1.807, 2.05) is 0 Å². The number of hydrogen-bond acceptors (Lipinski definition) is 0. The van der Waals surface area contributed by atoms with Crippen LogP contribution in [0.15, 0.2) is 0 Å². The molecule has 0 amide bonds. The Morgan fingerprint density at radius 3 is 1.90 bits per heavy atom. The third-order valence-corrected chi connectivity index (χ3v) is 6.63. The highest BCUT2D eigenvalue weighted by atomic mass is 14.6. The molecule has 21 heavy (non-hydrogen) atoms. The summed E-state index contributed by atoms with van der Waals surface area (Å²) in [6.45, 7) is 22.0. The maximum atomic E-state index is 2.55. The van der Waals surface area contributed by atoms with Crippen LogP contribution in [-0.2, 0) is 0 Å². The molecule has 0 radical (unpaired) electrons. The van der Waals surface area contributed by atoms with Gasteiger partial charge in [-0.2, -0.15) is 0 Å². The average molecular weight is 295 g/mol. The molecule has 0 heteroatoms. The van der Waals surface area contributed by atoms with Crippen LogP contribution in [0.5, 0.6) is 0 Å². The van der Waals surface area contributed by atoms with Crippen molar-refractivity contribution < 1.29 is 0 Å². The molecule has 0 aromatic heterocycles. The van der Waals surface area contributed by atoms with Crippen molar-refractivity contribution in [2.75, 3.05) is 0 Å². The normalized spacial score (nSPS) is 30.0. The molecule has 0 saturated heterocycles. The predicted molar refractivity (Wildman–Crippen MR) is 96.4 cm³/mol. The number of hydrogen-bond donors (Lipinski definition) is 0. The highest BCUT2D eigenvalue weighted by Crippen LogP contribution is 2.66. The summed E-state index contributed by atoms with van der Waals surface area (Å²) in [6, 6.07) is 0. The van der Waals surface area contributed by atoms with E-state index in [2.05, 4.69) is 62.3 Å². The van der Waals surface area contributed by atoms with Crippen LogP contribution in [0.4, 0.5) is 0 Å². The maximum Gasteiger partial charge on any atom is -0.0240 e. The molecule has 1 aliphatic carbocycles. The Labute approximate surface area is 135 Å². The van der Waals surface area contributed by atoms with Crippen molar-refractivity contribution in [2.24, 2.45) is 46.8 Å². The van der Waals surface area contributed by atoms with Crippen molar-refractivity contribution in [3.05, 3.63) is 0 Å². The third-order valence-electron chi connectivity index (χ3n) is 6.63. The highest BCUT2D eigenvalue weighted by molar-refractivity contribution is 5.07. The second kappa shape index (κ2) is 7.51. The van der Waals surface area contributed by atoms with E-state index in [0.717, 1.165) is 41.4 Å². The molecule has 1 fully saturated rings. The Kier molecular flexibility index (Phi) is 6.81. The monoisotopic (exact) mass is 294 g/mol. The first-order valence-electron chi connectivity index (χ1n) is 9.67. The van der Waals surface area contributed by atoms with Crippen LogP contribution >= 0.6 is 0 Å². The van der Waals surface area contributed by atoms with Gasteiger partial charge in [-0.25, -0.2) is 0 Å². The van der Waals surface area contributed by atoms with Crippen molar-refractivity contribution in [3.63, 3.8) is 0 Å². The van der Waals surface area contributed by atoms with E-state index in [-0.39, 0.29) is 0 Å². The summed E-state index contributed by atoms with van der Waals surface area (Å²) >= 11 is 0. The molecule has 5 unspecified atom stereocenters. The van der Waals surface area contributed by atoms with Crippen LogP contribution in [-0.4, -0.2) is 0 Å². The van der Waals surface area contributed by atoms with Crippen molar-refractivity contribution in [2.45, 2.75) is 88.0 Å². The molecule has 0 nitrogen and oxygen atoms in total. The second-order valence-corrected chi connectivity index (χ2v) is 9.24. The molecular formula is C21H42. The first kappa shape index (κ1) is 19.0. The zero-order valence-corrected chi connectivity index (χ0v) is 16.4. The topological polar surface area (TPSA) is 0 Å². The summed E-state index contributed by atoms with van der Waals surface area (Å²) in [4.78, 5) is 0. The van der Waals surface area contributed by atoms with Gasteiger partial charge >= 0.3 is 0 Å². The Bertz CT molecular complexity index is 301. The van der Waals surface area contributed by atoms with Gasteiger partial charge in [-0.15, -0.1) is 0 Å². The van der Waals surface area contributed by atoms with Crippen molar-refractivity contribution in [1.82, 2.24) is 0 Å². The van der Waals surface area contributed by atoms with Crippen molar-refractivity contribution in [3.8, 4) is 0 Å². The van der Waals surface area contributed by atoms with Crippen LogP contribution < -0.4 is 0 Å². The summed E-state index contributed by atoms with van der Waals surface area (Å²) in [6.07, 6.45) is 5.69. The zero-order chi connectivity index (χ0) is 16.4. The van der Waals surface area contributed by atoms with Gasteiger partial charge in [0.15, 0.2) is 0 Å². The molecule has 0 heterocycles. The van der Waals surface area contributed by atoms with Crippen LogP contribution in [0.3, 0.4) is 0 Å². The van der Waals surface area contributed by atoms with E-state index >= 15 is 0 Å². The summed E-state index contributed by atoms with van der Waals surface area (Å²) in [7, 11) is 0. The fraction of sp³-hybridized carbons (Fsp3) is 1.00. The fourth-order valence-electron chi connectivity index (χ4n) is 5.35. The molecule has 0 bridgehead atoms. The van der Waals surface area contributed by atoms with E-state index in [0.29, 0.717) is 5.41 Å². The van der Waals surface area contributed by atoms with E-state index in [1.54, 1.807) is 0 Å². The van der Waals surface area contributed by atoms with E-state index < -0.39 is 0 Å². The Morgan fingerprint density at radius 1 is 0.952 bits per heavy atom. The highest BCUT2D eigenvalue weighted by Gasteiger charge is 2.59. The Morgan fingerprint density at radius 2 is 1.52 bits per heavy atom. The smallest absolute Gasteiger partial charge is 0.0240 e. The molecule has 1 saturated carbocycles. The Hall–Kier alpha value is 0. The lowest BCUT2D eigenvalue weighted by Gasteiger charge is -2.36. The summed E-state index contributed by atoms with van der Waals surface area (Å²) in [5.74, 6) is 6.17. The van der Waals surface area contributed by atoms with Crippen molar-refractivity contribution in [1.29, 1.82) is 0 Å². The molecule has 1 rings (SSSR count). The molecule has 0 aromatic carbocycles. The van der Waals surface area contributed by atoms with Crippen molar-refractivity contribution >= 4 is 0 Å². The van der Waals surface area contributed by atoms with Gasteiger partial charge in [-0.1, -0.05) is 68.7 Å². The molecule has 0 aromatic rings. The Balaban J connectivity index is 2.84. The first-order chi connectivity index (χ1) is 9.67. The fourth-order valence-corrected chi connectivity index (χ4v) is 5.35. The van der Waals surface area contributed by atoms with Gasteiger partial charge in [0.2, 0.25) is 0 Å². The van der Waals surface area contributed by atoms with Crippen LogP contribution in [0.1, 0.15) is 88.0 Å². The standard InChI is InChI=1S/C21H42/c1-10-11-21(16(6)7)13-19(21)20(15(4)5)18(9)17(8)12-14(2)3/h14-20H,10-13H2,1-9H3. The minimum absolute atomic E-state index is 0.676. The first-order valence-corrected chi connectivity index (χ1v) is 9.67. The van der Waals surface area contributed by atoms with Gasteiger partial charge in [-0.05, 0) is 66.1 Å². The molecule has 126 valence electrons. The molecule has 1 aliphatic rings. The predicted octanol–water partition coefficient (Wildman–Crippen LogP) is 7.04. The van der Waals surface area contributed by atoms with Crippen LogP contribution in [0.2, 0.25) is 0 Å². The van der Waals surface area contributed by atoms with Gasteiger partial charge in [0.1, 0.15) is 0 Å². The third kappa shape index (κ3) is 4.26. The maximum absolute atomic E-state index is 2.55.